The Hall–Kier alpha value is -0.650. The Morgan fingerprint density at radius 1 is 1.50 bits per heavy atom. The van der Waals surface area contributed by atoms with Crippen LogP contribution in [0, 0.1) is 19.8 Å². The third-order valence-electron chi connectivity index (χ3n) is 3.58. The van der Waals surface area contributed by atoms with Gasteiger partial charge in [0.25, 0.3) is 5.91 Å². The molecule has 3 nitrogen and oxygen atoms in total. The van der Waals surface area contributed by atoms with Crippen molar-refractivity contribution in [1.29, 1.82) is 0 Å². The molecule has 3 rings (SSSR count). The molecule has 0 unspecified atom stereocenters. The van der Waals surface area contributed by atoms with Gasteiger partial charge >= 0.3 is 0 Å². The zero-order valence-electron chi connectivity index (χ0n) is 11.2. The van der Waals surface area contributed by atoms with Crippen LogP contribution in [0.25, 0.3) is 10.2 Å². The maximum Gasteiger partial charge on any atom is 0.262 e. The van der Waals surface area contributed by atoms with E-state index in [-0.39, 0.29) is 5.91 Å². The van der Waals surface area contributed by atoms with E-state index in [1.54, 1.807) is 0 Å². The zero-order valence-corrected chi connectivity index (χ0v) is 14.4. The van der Waals surface area contributed by atoms with Crippen molar-refractivity contribution in [2.75, 3.05) is 6.54 Å². The first-order valence-corrected chi connectivity index (χ1v) is 8.50. The third kappa shape index (κ3) is 2.47. The molecular formula is C14H14BrClN2OS. The molecule has 0 spiro atoms. The Balaban J connectivity index is 2.01. The van der Waals surface area contributed by atoms with Gasteiger partial charge in [0.1, 0.15) is 9.71 Å². The second kappa shape index (κ2) is 5.28. The Morgan fingerprint density at radius 2 is 2.20 bits per heavy atom. The van der Waals surface area contributed by atoms with Gasteiger partial charge in [0.05, 0.1) is 15.2 Å². The number of rotatable bonds is 3. The van der Waals surface area contributed by atoms with Crippen LogP contribution in [-0.2, 0) is 0 Å². The van der Waals surface area contributed by atoms with Crippen molar-refractivity contribution in [2.45, 2.75) is 26.7 Å². The van der Waals surface area contributed by atoms with Crippen molar-refractivity contribution >= 4 is 55.0 Å². The summed E-state index contributed by atoms with van der Waals surface area (Å²) in [6.07, 6.45) is 2.45. The van der Waals surface area contributed by atoms with Crippen LogP contribution in [0.15, 0.2) is 4.47 Å². The Kier molecular flexibility index (Phi) is 3.77. The molecule has 106 valence electrons. The molecule has 20 heavy (non-hydrogen) atoms. The molecule has 0 aliphatic heterocycles. The topological polar surface area (TPSA) is 42.0 Å². The highest BCUT2D eigenvalue weighted by Crippen LogP contribution is 2.39. The van der Waals surface area contributed by atoms with Gasteiger partial charge in [-0.15, -0.1) is 11.3 Å². The second-order valence-electron chi connectivity index (χ2n) is 5.21. The van der Waals surface area contributed by atoms with E-state index in [4.69, 9.17) is 11.6 Å². The van der Waals surface area contributed by atoms with Crippen molar-refractivity contribution in [3.05, 3.63) is 25.6 Å². The van der Waals surface area contributed by atoms with Gasteiger partial charge < -0.3 is 5.32 Å². The van der Waals surface area contributed by atoms with E-state index in [1.807, 2.05) is 13.8 Å². The van der Waals surface area contributed by atoms with Crippen LogP contribution in [0.2, 0.25) is 5.02 Å². The highest BCUT2D eigenvalue weighted by atomic mass is 79.9. The quantitative estimate of drug-likeness (QED) is 0.862. The first-order valence-electron chi connectivity index (χ1n) is 6.52. The van der Waals surface area contributed by atoms with Crippen molar-refractivity contribution in [2.24, 2.45) is 5.92 Å². The number of nitrogens with zero attached hydrogens (tertiary/aromatic N) is 1. The number of carbonyl (C=O) groups is 1. The van der Waals surface area contributed by atoms with Crippen LogP contribution >= 0.6 is 38.9 Å². The van der Waals surface area contributed by atoms with Crippen LogP contribution < -0.4 is 5.32 Å². The smallest absolute Gasteiger partial charge is 0.262 e. The van der Waals surface area contributed by atoms with E-state index >= 15 is 0 Å². The van der Waals surface area contributed by atoms with Crippen LogP contribution in [0.1, 0.15) is 33.8 Å². The predicted octanol–water partition coefficient (Wildman–Crippen LogP) is 4.47. The second-order valence-corrected chi connectivity index (χ2v) is 7.38. The molecule has 0 bridgehead atoms. The summed E-state index contributed by atoms with van der Waals surface area (Å²) in [4.78, 5) is 18.3. The Morgan fingerprint density at radius 3 is 2.85 bits per heavy atom. The molecule has 2 aromatic heterocycles. The minimum absolute atomic E-state index is 0.0278. The highest BCUT2D eigenvalue weighted by molar-refractivity contribution is 9.10. The number of aromatic nitrogens is 1. The van der Waals surface area contributed by atoms with E-state index in [0.29, 0.717) is 15.8 Å². The minimum Gasteiger partial charge on any atom is -0.351 e. The minimum atomic E-state index is -0.0278. The van der Waals surface area contributed by atoms with E-state index in [9.17, 15) is 4.79 Å². The van der Waals surface area contributed by atoms with E-state index < -0.39 is 0 Å². The lowest BCUT2D eigenvalue weighted by molar-refractivity contribution is 0.0955. The van der Waals surface area contributed by atoms with Crippen LogP contribution in [0.3, 0.4) is 0 Å². The number of amides is 1. The monoisotopic (exact) mass is 372 g/mol. The average molecular weight is 374 g/mol. The largest absolute Gasteiger partial charge is 0.351 e. The molecule has 0 radical (unpaired) electrons. The van der Waals surface area contributed by atoms with E-state index in [1.165, 1.54) is 24.2 Å². The third-order valence-corrected chi connectivity index (χ3v) is 6.27. The number of hydrogen-bond donors (Lipinski definition) is 1. The van der Waals surface area contributed by atoms with Gasteiger partial charge in [-0.2, -0.15) is 0 Å². The molecule has 6 heteroatoms. The highest BCUT2D eigenvalue weighted by Gasteiger charge is 2.24. The number of halogens is 2. The van der Waals surface area contributed by atoms with Gasteiger partial charge in [0.15, 0.2) is 0 Å². The predicted molar refractivity (Wildman–Crippen MR) is 86.9 cm³/mol. The lowest BCUT2D eigenvalue weighted by Gasteiger charge is -2.04. The number of hydrogen-bond acceptors (Lipinski definition) is 3. The average Bonchev–Trinajstić information content (AvgIpc) is 3.18. The van der Waals surface area contributed by atoms with Gasteiger partial charge in [0, 0.05) is 11.9 Å². The summed E-state index contributed by atoms with van der Waals surface area (Å²) >= 11 is 11.2. The summed E-state index contributed by atoms with van der Waals surface area (Å²) < 4.78 is 0.803. The van der Waals surface area contributed by atoms with Gasteiger partial charge in [0.2, 0.25) is 0 Å². The standard InChI is InChI=1S/C14H14BrClN2OS/c1-6-9-10(15)12(13(19)17-5-8-3-4-8)20-14(9)18-7(2)11(6)16/h8H,3-5H2,1-2H3,(H,17,19). The molecule has 0 atom stereocenters. The summed E-state index contributed by atoms with van der Waals surface area (Å²) in [5.41, 5.74) is 1.77. The van der Waals surface area contributed by atoms with Gasteiger partial charge in [-0.05, 0) is 54.1 Å². The molecule has 1 saturated carbocycles. The fraction of sp³-hybridized carbons (Fsp3) is 0.429. The first kappa shape index (κ1) is 14.3. The number of fused-ring (bicyclic) bond motifs is 1. The number of aryl methyl sites for hydroxylation is 2. The number of thiophene rings is 1. The van der Waals surface area contributed by atoms with Crippen molar-refractivity contribution in [1.82, 2.24) is 10.3 Å². The lowest BCUT2D eigenvalue weighted by atomic mass is 10.2. The molecule has 0 saturated heterocycles. The summed E-state index contributed by atoms with van der Waals surface area (Å²) in [6, 6.07) is 0. The summed E-state index contributed by atoms with van der Waals surface area (Å²) in [6.45, 7) is 4.61. The maximum atomic E-state index is 12.3. The maximum absolute atomic E-state index is 12.3. The normalized spacial score (nSPS) is 14.8. The van der Waals surface area contributed by atoms with Crippen molar-refractivity contribution in [3.8, 4) is 0 Å². The molecule has 1 N–H and O–H groups in total. The fourth-order valence-electron chi connectivity index (χ4n) is 2.17. The Labute approximate surface area is 134 Å². The van der Waals surface area contributed by atoms with E-state index in [0.717, 1.165) is 32.5 Å². The zero-order chi connectivity index (χ0) is 14.4. The van der Waals surface area contributed by atoms with Crippen LogP contribution in [0.5, 0.6) is 0 Å². The van der Waals surface area contributed by atoms with Crippen molar-refractivity contribution < 1.29 is 4.79 Å². The molecule has 2 aromatic rings. The summed E-state index contributed by atoms with van der Waals surface area (Å²) in [7, 11) is 0. The van der Waals surface area contributed by atoms with Crippen LogP contribution in [0.4, 0.5) is 0 Å². The molecule has 0 aromatic carbocycles. The van der Waals surface area contributed by atoms with E-state index in [2.05, 4.69) is 26.2 Å². The lowest BCUT2D eigenvalue weighted by Crippen LogP contribution is -2.24. The fourth-order valence-corrected chi connectivity index (χ4v) is 4.44. The first-order chi connectivity index (χ1) is 9.49. The SMILES string of the molecule is Cc1nc2sc(C(=O)NCC3CC3)c(Br)c2c(C)c1Cl. The van der Waals surface area contributed by atoms with Crippen molar-refractivity contribution in [3.63, 3.8) is 0 Å². The molecular weight excluding hydrogens is 360 g/mol. The van der Waals surface area contributed by atoms with Gasteiger partial charge in [-0.25, -0.2) is 4.98 Å². The molecule has 2 heterocycles. The summed E-state index contributed by atoms with van der Waals surface area (Å²) in [5, 5.41) is 4.61. The Bertz CT molecular complexity index is 709. The van der Waals surface area contributed by atoms with Crippen LogP contribution in [-0.4, -0.2) is 17.4 Å². The van der Waals surface area contributed by atoms with Gasteiger partial charge in [-0.3, -0.25) is 4.79 Å². The molecule has 1 amide bonds. The number of carbonyl (C=O) groups excluding carboxylic acids is 1. The number of pyridine rings is 1. The number of nitrogens with one attached hydrogen (secondary N) is 1. The molecule has 1 aliphatic rings. The molecule has 1 aliphatic carbocycles. The summed E-state index contributed by atoms with van der Waals surface area (Å²) in [5.74, 6) is 0.642. The van der Waals surface area contributed by atoms with Gasteiger partial charge in [-0.1, -0.05) is 11.6 Å². The molecule has 1 fully saturated rings.